The summed E-state index contributed by atoms with van der Waals surface area (Å²) in [7, 11) is 0. The Kier molecular flexibility index (Phi) is 3.95. The highest BCUT2D eigenvalue weighted by atomic mass is 16.6. The lowest BCUT2D eigenvalue weighted by Gasteiger charge is -2.34. The molecule has 0 bridgehead atoms. The van der Waals surface area contributed by atoms with Crippen LogP contribution in [0.4, 0.5) is 10.6 Å². The van der Waals surface area contributed by atoms with E-state index in [4.69, 9.17) is 4.74 Å². The van der Waals surface area contributed by atoms with E-state index < -0.39 is 0 Å². The zero-order valence-corrected chi connectivity index (χ0v) is 12.4. The van der Waals surface area contributed by atoms with Crippen molar-refractivity contribution < 1.29 is 9.53 Å². The molecule has 0 saturated carbocycles. The van der Waals surface area contributed by atoms with Crippen LogP contribution in [0.1, 0.15) is 6.92 Å². The van der Waals surface area contributed by atoms with E-state index in [2.05, 4.69) is 14.9 Å². The van der Waals surface area contributed by atoms with Crippen LogP contribution in [0.25, 0.3) is 11.0 Å². The van der Waals surface area contributed by atoms with Crippen LogP contribution in [0.15, 0.2) is 29.1 Å². The van der Waals surface area contributed by atoms with Crippen molar-refractivity contribution in [3.05, 3.63) is 34.6 Å². The number of aromatic nitrogens is 2. The molecule has 22 heavy (non-hydrogen) atoms. The minimum Gasteiger partial charge on any atom is -0.450 e. The largest absolute Gasteiger partial charge is 0.450 e. The summed E-state index contributed by atoms with van der Waals surface area (Å²) in [5.41, 5.74) is 0.419. The van der Waals surface area contributed by atoms with Gasteiger partial charge in [-0.1, -0.05) is 0 Å². The van der Waals surface area contributed by atoms with Gasteiger partial charge in [-0.25, -0.2) is 9.78 Å². The maximum Gasteiger partial charge on any atom is 0.409 e. The molecule has 1 N–H and O–H groups in total. The van der Waals surface area contributed by atoms with E-state index >= 15 is 0 Å². The normalized spacial score (nSPS) is 15.1. The monoisotopic (exact) mass is 302 g/mol. The molecule has 1 aliphatic heterocycles. The van der Waals surface area contributed by atoms with Gasteiger partial charge in [-0.3, -0.25) is 4.79 Å². The second-order valence-electron chi connectivity index (χ2n) is 5.10. The van der Waals surface area contributed by atoms with Gasteiger partial charge in [0.25, 0.3) is 0 Å². The van der Waals surface area contributed by atoms with Crippen molar-refractivity contribution in [3.63, 3.8) is 0 Å². The minimum absolute atomic E-state index is 0.163. The first-order chi connectivity index (χ1) is 10.7. The Labute approximate surface area is 127 Å². The molecule has 2 aromatic rings. The van der Waals surface area contributed by atoms with E-state index in [1.807, 2.05) is 12.1 Å². The Morgan fingerprint density at radius 1 is 1.23 bits per heavy atom. The van der Waals surface area contributed by atoms with E-state index in [0.29, 0.717) is 38.4 Å². The molecule has 0 spiro atoms. The molecule has 0 aromatic carbocycles. The molecule has 3 rings (SSSR count). The van der Waals surface area contributed by atoms with E-state index in [1.165, 1.54) is 6.07 Å². The van der Waals surface area contributed by atoms with E-state index in [0.717, 1.165) is 11.2 Å². The number of hydrogen-bond donors (Lipinski definition) is 1. The van der Waals surface area contributed by atoms with E-state index in [9.17, 15) is 9.59 Å². The third kappa shape index (κ3) is 2.88. The number of H-pyrrole nitrogens is 1. The average molecular weight is 302 g/mol. The fourth-order valence-electron chi connectivity index (χ4n) is 2.53. The number of anilines is 1. The summed E-state index contributed by atoms with van der Waals surface area (Å²) in [4.78, 5) is 34.1. The number of rotatable bonds is 2. The highest BCUT2D eigenvalue weighted by Crippen LogP contribution is 2.17. The van der Waals surface area contributed by atoms with Crippen molar-refractivity contribution >= 4 is 22.9 Å². The number of carbonyl (C=O) groups excluding carboxylic acids is 1. The van der Waals surface area contributed by atoms with Gasteiger partial charge in [0.2, 0.25) is 5.56 Å². The highest BCUT2D eigenvalue weighted by molar-refractivity contribution is 5.76. The van der Waals surface area contributed by atoms with Crippen molar-refractivity contribution in [2.24, 2.45) is 0 Å². The number of nitrogens with zero attached hydrogens (tertiary/aromatic N) is 3. The molecule has 7 nitrogen and oxygen atoms in total. The number of aromatic amines is 1. The van der Waals surface area contributed by atoms with Gasteiger partial charge in [0.05, 0.1) is 6.61 Å². The molecular formula is C15H18N4O3. The molecule has 1 amide bonds. The van der Waals surface area contributed by atoms with Crippen molar-refractivity contribution in [1.82, 2.24) is 14.9 Å². The third-order valence-electron chi connectivity index (χ3n) is 3.70. The van der Waals surface area contributed by atoms with Crippen molar-refractivity contribution in [3.8, 4) is 0 Å². The number of pyridine rings is 2. The Morgan fingerprint density at radius 3 is 2.68 bits per heavy atom. The molecule has 116 valence electrons. The summed E-state index contributed by atoms with van der Waals surface area (Å²) in [5, 5.41) is 0.897. The summed E-state index contributed by atoms with van der Waals surface area (Å²) in [5.74, 6) is 0.804. The summed E-state index contributed by atoms with van der Waals surface area (Å²) in [6.45, 7) is 4.77. The highest BCUT2D eigenvalue weighted by Gasteiger charge is 2.22. The second-order valence-corrected chi connectivity index (χ2v) is 5.10. The maximum absolute atomic E-state index is 11.7. The number of piperazine rings is 1. The van der Waals surface area contributed by atoms with Crippen LogP contribution in [0.5, 0.6) is 0 Å². The molecule has 3 heterocycles. The van der Waals surface area contributed by atoms with E-state index in [1.54, 1.807) is 17.9 Å². The molecule has 0 aliphatic carbocycles. The molecule has 0 atom stereocenters. The number of carbonyl (C=O) groups is 1. The molecule has 0 radical (unpaired) electrons. The summed E-state index contributed by atoms with van der Waals surface area (Å²) in [6.07, 6.45) is -0.266. The van der Waals surface area contributed by atoms with Crippen molar-refractivity contribution in [2.75, 3.05) is 37.7 Å². The summed E-state index contributed by atoms with van der Waals surface area (Å²) in [6, 6.07) is 7.11. The van der Waals surface area contributed by atoms with E-state index in [-0.39, 0.29) is 11.7 Å². The summed E-state index contributed by atoms with van der Waals surface area (Å²) < 4.78 is 5.01. The molecule has 2 aromatic heterocycles. The third-order valence-corrected chi connectivity index (χ3v) is 3.70. The van der Waals surface area contributed by atoms with Crippen LogP contribution in [-0.2, 0) is 4.74 Å². The number of hydrogen-bond acceptors (Lipinski definition) is 5. The zero-order chi connectivity index (χ0) is 15.5. The quantitative estimate of drug-likeness (QED) is 0.902. The predicted octanol–water partition coefficient (Wildman–Crippen LogP) is 1.20. The van der Waals surface area contributed by atoms with Gasteiger partial charge in [0, 0.05) is 37.6 Å². The molecule has 1 fully saturated rings. The fourth-order valence-corrected chi connectivity index (χ4v) is 2.53. The topological polar surface area (TPSA) is 78.5 Å². The maximum atomic E-state index is 11.7. The second kappa shape index (κ2) is 6.05. The summed E-state index contributed by atoms with van der Waals surface area (Å²) >= 11 is 0. The van der Waals surface area contributed by atoms with Crippen LogP contribution >= 0.6 is 0 Å². The van der Waals surface area contributed by atoms with Gasteiger partial charge in [-0.2, -0.15) is 0 Å². The fraction of sp³-hybridized carbons (Fsp3) is 0.400. The average Bonchev–Trinajstić information content (AvgIpc) is 2.54. The molecular weight excluding hydrogens is 284 g/mol. The van der Waals surface area contributed by atoms with Gasteiger partial charge in [0.1, 0.15) is 11.5 Å². The molecule has 1 saturated heterocycles. The Balaban J connectivity index is 1.73. The number of ether oxygens (including phenoxy) is 1. The Hall–Kier alpha value is -2.57. The zero-order valence-electron chi connectivity index (χ0n) is 12.4. The first-order valence-corrected chi connectivity index (χ1v) is 7.34. The SMILES string of the molecule is CCOC(=O)N1CCN(c2ccc3ccc(=O)[nH]c3n2)CC1. The van der Waals surface area contributed by atoms with Crippen LogP contribution in [-0.4, -0.2) is 53.7 Å². The smallest absolute Gasteiger partial charge is 0.409 e. The van der Waals surface area contributed by atoms with Crippen LogP contribution in [0, 0.1) is 0 Å². The lowest BCUT2D eigenvalue weighted by Crippen LogP contribution is -2.49. The van der Waals surface area contributed by atoms with Crippen molar-refractivity contribution in [1.29, 1.82) is 0 Å². The first kappa shape index (κ1) is 14.4. The van der Waals surface area contributed by atoms with Gasteiger partial charge in [-0.15, -0.1) is 0 Å². The minimum atomic E-state index is -0.266. The number of fused-ring (bicyclic) bond motifs is 1. The standard InChI is InChI=1S/C15H18N4O3/c1-2-22-15(21)19-9-7-18(8-10-19)12-5-3-11-4-6-13(20)17-14(11)16-12/h3-6H,2,7-10H2,1H3,(H,16,17,20). The predicted molar refractivity (Wildman–Crippen MR) is 83.2 cm³/mol. The molecule has 0 unspecified atom stereocenters. The van der Waals surface area contributed by atoms with Gasteiger partial charge >= 0.3 is 6.09 Å². The van der Waals surface area contributed by atoms with Crippen LogP contribution < -0.4 is 10.5 Å². The number of amides is 1. The van der Waals surface area contributed by atoms with Gasteiger partial charge in [0.15, 0.2) is 0 Å². The van der Waals surface area contributed by atoms with Crippen LogP contribution in [0.3, 0.4) is 0 Å². The van der Waals surface area contributed by atoms with Gasteiger partial charge < -0.3 is 19.5 Å². The lowest BCUT2D eigenvalue weighted by atomic mass is 10.2. The molecule has 1 aliphatic rings. The Bertz CT molecular complexity index is 735. The van der Waals surface area contributed by atoms with Crippen LogP contribution in [0.2, 0.25) is 0 Å². The lowest BCUT2D eigenvalue weighted by molar-refractivity contribution is 0.105. The van der Waals surface area contributed by atoms with Crippen molar-refractivity contribution in [2.45, 2.75) is 6.92 Å². The van der Waals surface area contributed by atoms with Gasteiger partial charge in [-0.05, 0) is 25.1 Å². The Morgan fingerprint density at radius 2 is 1.95 bits per heavy atom. The first-order valence-electron chi connectivity index (χ1n) is 7.34. The number of nitrogens with one attached hydrogen (secondary N) is 1. The molecule has 7 heteroatoms.